The van der Waals surface area contributed by atoms with Crippen molar-refractivity contribution in [3.05, 3.63) is 35.9 Å². The van der Waals surface area contributed by atoms with Crippen LogP contribution in [0.25, 0.3) is 0 Å². The van der Waals surface area contributed by atoms with Crippen LogP contribution < -0.4 is 0 Å². The van der Waals surface area contributed by atoms with E-state index in [-0.39, 0.29) is 23.5 Å². The van der Waals surface area contributed by atoms with Crippen molar-refractivity contribution in [2.24, 2.45) is 5.41 Å². The second-order valence-corrected chi connectivity index (χ2v) is 6.24. The number of hydrogen-bond acceptors (Lipinski definition) is 2. The third kappa shape index (κ3) is 2.70. The third-order valence-corrected chi connectivity index (χ3v) is 5.19. The van der Waals surface area contributed by atoms with E-state index in [1.165, 1.54) is 0 Å². The first-order valence-electron chi connectivity index (χ1n) is 6.44. The zero-order valence-corrected chi connectivity index (χ0v) is 13.2. The molecule has 1 fully saturated rings. The minimum Gasteiger partial charge on any atom is -0.369 e. The lowest BCUT2D eigenvalue weighted by molar-refractivity contribution is -0.181. The predicted molar refractivity (Wildman–Crippen MR) is 79.2 cm³/mol. The molecule has 3 nitrogen and oxygen atoms in total. The van der Waals surface area contributed by atoms with Gasteiger partial charge in [-0.25, -0.2) is 0 Å². The predicted octanol–water partition coefficient (Wildman–Crippen LogP) is 2.83. The molecule has 1 aliphatic heterocycles. The fourth-order valence-corrected chi connectivity index (χ4v) is 2.95. The molecule has 1 amide bonds. The second kappa shape index (κ2) is 5.63. The number of halogens is 1. The van der Waals surface area contributed by atoms with E-state index in [0.717, 1.165) is 10.9 Å². The molecule has 4 heteroatoms. The van der Waals surface area contributed by atoms with E-state index in [1.807, 2.05) is 35.2 Å². The molecular formula is C15H20BrNO2. The van der Waals surface area contributed by atoms with Gasteiger partial charge in [-0.1, -0.05) is 60.1 Å². The van der Waals surface area contributed by atoms with Crippen LogP contribution in [0.2, 0.25) is 0 Å². The number of carbonyl (C=O) groups is 1. The Morgan fingerprint density at radius 1 is 1.32 bits per heavy atom. The molecule has 1 saturated heterocycles. The van der Waals surface area contributed by atoms with E-state index in [4.69, 9.17) is 4.74 Å². The van der Waals surface area contributed by atoms with Crippen LogP contribution in [0.4, 0.5) is 0 Å². The van der Waals surface area contributed by atoms with E-state index in [2.05, 4.69) is 29.8 Å². The van der Waals surface area contributed by atoms with Gasteiger partial charge in [-0.3, -0.25) is 4.79 Å². The summed E-state index contributed by atoms with van der Waals surface area (Å²) >= 11 is 3.54. The van der Waals surface area contributed by atoms with Gasteiger partial charge in [-0.15, -0.1) is 0 Å². The number of methoxy groups -OCH3 is 1. The van der Waals surface area contributed by atoms with Gasteiger partial charge in [0.1, 0.15) is 0 Å². The highest BCUT2D eigenvalue weighted by molar-refractivity contribution is 9.09. The van der Waals surface area contributed by atoms with Crippen molar-refractivity contribution < 1.29 is 9.53 Å². The zero-order chi connectivity index (χ0) is 14.0. The van der Waals surface area contributed by atoms with Crippen LogP contribution in [0.5, 0.6) is 0 Å². The van der Waals surface area contributed by atoms with Crippen LogP contribution in [-0.4, -0.2) is 35.4 Å². The van der Waals surface area contributed by atoms with Crippen molar-refractivity contribution in [1.29, 1.82) is 0 Å². The summed E-state index contributed by atoms with van der Waals surface area (Å²) in [5, 5.41) is 0.836. The smallest absolute Gasteiger partial charge is 0.254 e. The van der Waals surface area contributed by atoms with Gasteiger partial charge >= 0.3 is 0 Å². The summed E-state index contributed by atoms with van der Waals surface area (Å²) in [6.45, 7) is 4.96. The Balaban J connectivity index is 2.17. The van der Waals surface area contributed by atoms with Crippen LogP contribution in [0.15, 0.2) is 30.3 Å². The summed E-state index contributed by atoms with van der Waals surface area (Å²) in [6, 6.07) is 10.2. The van der Waals surface area contributed by atoms with Gasteiger partial charge in [-0.05, 0) is 11.0 Å². The van der Waals surface area contributed by atoms with Gasteiger partial charge in [0.25, 0.3) is 5.91 Å². The minimum atomic E-state index is -0.309. The number of likely N-dealkylation sites (tertiary alicyclic amines) is 1. The molecule has 2 atom stereocenters. The number of benzene rings is 1. The molecule has 1 aromatic carbocycles. The maximum atomic E-state index is 12.2. The monoisotopic (exact) mass is 325 g/mol. The summed E-state index contributed by atoms with van der Waals surface area (Å²) < 4.78 is 5.36. The molecular weight excluding hydrogens is 306 g/mol. The van der Waals surface area contributed by atoms with Crippen molar-refractivity contribution in [2.45, 2.75) is 32.5 Å². The number of alkyl halides is 1. The van der Waals surface area contributed by atoms with Crippen LogP contribution in [0.3, 0.4) is 0 Å². The van der Waals surface area contributed by atoms with E-state index in [1.54, 1.807) is 7.11 Å². The lowest BCUT2D eigenvalue weighted by Gasteiger charge is -2.53. The molecule has 1 aliphatic rings. The minimum absolute atomic E-state index is 0.0105. The Morgan fingerprint density at radius 2 is 1.95 bits per heavy atom. The Morgan fingerprint density at radius 3 is 2.47 bits per heavy atom. The van der Waals surface area contributed by atoms with Crippen LogP contribution in [0, 0.1) is 5.41 Å². The molecule has 0 spiro atoms. The van der Waals surface area contributed by atoms with Gasteiger partial charge in [0, 0.05) is 19.0 Å². The fraction of sp³-hybridized carbons (Fsp3) is 0.533. The Bertz CT molecular complexity index is 447. The van der Waals surface area contributed by atoms with Gasteiger partial charge in [0.15, 0.2) is 6.10 Å². The van der Waals surface area contributed by atoms with Gasteiger partial charge in [-0.2, -0.15) is 0 Å². The molecule has 104 valence electrons. The molecule has 1 heterocycles. The first-order valence-corrected chi connectivity index (χ1v) is 7.56. The van der Waals surface area contributed by atoms with E-state index in [0.29, 0.717) is 6.54 Å². The fourth-order valence-electron chi connectivity index (χ4n) is 2.61. The van der Waals surface area contributed by atoms with Crippen LogP contribution >= 0.6 is 15.9 Å². The summed E-state index contributed by atoms with van der Waals surface area (Å²) in [7, 11) is 1.61. The summed E-state index contributed by atoms with van der Waals surface area (Å²) in [5.74, 6) is 0.0883. The van der Waals surface area contributed by atoms with Crippen LogP contribution in [0.1, 0.15) is 19.4 Å². The van der Waals surface area contributed by atoms with E-state index in [9.17, 15) is 4.79 Å². The number of hydrogen-bond donors (Lipinski definition) is 0. The van der Waals surface area contributed by atoms with E-state index >= 15 is 0 Å². The second-order valence-electron chi connectivity index (χ2n) is 5.68. The number of ether oxygens (including phenoxy) is 1. The number of rotatable bonds is 5. The lowest BCUT2D eigenvalue weighted by Crippen LogP contribution is -2.70. The van der Waals surface area contributed by atoms with Crippen molar-refractivity contribution >= 4 is 21.8 Å². The van der Waals surface area contributed by atoms with E-state index < -0.39 is 0 Å². The maximum Gasteiger partial charge on any atom is 0.254 e. The average molecular weight is 326 g/mol. The summed E-state index contributed by atoms with van der Waals surface area (Å²) in [5.41, 5.74) is 1.14. The molecule has 0 bridgehead atoms. The SMILES string of the molecule is CO[C@@H]1C(=O)N(Cc2ccccc2)[C@@H]1C(C)(C)CBr. The topological polar surface area (TPSA) is 29.5 Å². The molecule has 0 aliphatic carbocycles. The molecule has 0 N–H and O–H groups in total. The van der Waals surface area contributed by atoms with Crippen molar-refractivity contribution in [3.63, 3.8) is 0 Å². The Labute approximate surface area is 123 Å². The summed E-state index contributed by atoms with van der Waals surface area (Å²) in [4.78, 5) is 14.1. The van der Waals surface area contributed by atoms with Crippen molar-refractivity contribution in [2.75, 3.05) is 12.4 Å². The first kappa shape index (κ1) is 14.5. The first-order chi connectivity index (χ1) is 9.01. The number of nitrogens with zero attached hydrogens (tertiary/aromatic N) is 1. The van der Waals surface area contributed by atoms with Gasteiger partial charge < -0.3 is 9.64 Å². The lowest BCUT2D eigenvalue weighted by atomic mass is 9.76. The third-order valence-electron chi connectivity index (χ3n) is 3.74. The molecule has 0 saturated carbocycles. The zero-order valence-electron chi connectivity index (χ0n) is 11.6. The molecule has 19 heavy (non-hydrogen) atoms. The molecule has 0 radical (unpaired) electrons. The molecule has 0 unspecified atom stereocenters. The highest BCUT2D eigenvalue weighted by Crippen LogP contribution is 2.39. The Kier molecular flexibility index (Phi) is 4.31. The normalized spacial score (nSPS) is 23.4. The molecule has 2 rings (SSSR count). The maximum absolute atomic E-state index is 12.2. The summed E-state index contributed by atoms with van der Waals surface area (Å²) in [6.07, 6.45) is -0.309. The van der Waals surface area contributed by atoms with Crippen LogP contribution in [-0.2, 0) is 16.1 Å². The quantitative estimate of drug-likeness (QED) is 0.615. The van der Waals surface area contributed by atoms with Gasteiger partial charge in [0.2, 0.25) is 0 Å². The van der Waals surface area contributed by atoms with Gasteiger partial charge in [0.05, 0.1) is 6.04 Å². The number of amides is 1. The number of carbonyl (C=O) groups excluding carboxylic acids is 1. The standard InChI is InChI=1S/C15H20BrNO2/c1-15(2,10-16)13-12(19-3)14(18)17(13)9-11-7-5-4-6-8-11/h4-8,12-13H,9-10H2,1-3H3/t12-,13-/m0/s1. The van der Waals surface area contributed by atoms with Crippen molar-refractivity contribution in [1.82, 2.24) is 4.90 Å². The molecule has 0 aromatic heterocycles. The Hall–Kier alpha value is -0.870. The number of β-lactam (4-membered cyclic amide) rings is 1. The van der Waals surface area contributed by atoms with Crippen molar-refractivity contribution in [3.8, 4) is 0 Å². The highest BCUT2D eigenvalue weighted by atomic mass is 79.9. The largest absolute Gasteiger partial charge is 0.369 e. The molecule has 1 aromatic rings. The highest BCUT2D eigenvalue weighted by Gasteiger charge is 2.54. The average Bonchev–Trinajstić information content (AvgIpc) is 2.42.